The van der Waals surface area contributed by atoms with Crippen LogP contribution < -0.4 is 5.48 Å². The molecular formula is C41H59NO6. The number of rotatable bonds is 8. The normalized spacial score (nSPS) is 43.1. The van der Waals surface area contributed by atoms with E-state index in [1.807, 2.05) is 30.3 Å². The largest absolute Gasteiger partial charge is 0.465 e. The second kappa shape index (κ2) is 12.6. The Kier molecular flexibility index (Phi) is 9.22. The number of hydrogen-bond acceptors (Lipinski definition) is 6. The molecule has 7 nitrogen and oxygen atoms in total. The molecule has 1 amide bonds. The molecule has 0 radical (unpaired) electrons. The SMILES string of the molecule is C=C(C)C1CC[C@]2(C(=O)NOCc3ccccc3)CC[C@]3(C)C(CCC4[C@@]5(C)CC[C@H](OC(C)=O)[C@@](C)(COC(C)=O)C5CC[C@]43C)C12. The van der Waals surface area contributed by atoms with E-state index < -0.39 is 10.8 Å². The van der Waals surface area contributed by atoms with Crippen LogP contribution >= 0.6 is 0 Å². The summed E-state index contributed by atoms with van der Waals surface area (Å²) in [7, 11) is 0. The maximum atomic E-state index is 14.3. The standard InChI is InChI=1S/C41H59NO6/c1-26(2)30-16-21-41(36(45)42-47-24-29-12-10-9-11-13-29)23-22-39(7)31(35(30)41)14-15-33-37(5)19-18-34(48-28(4)44)38(6,25-46-27(3)43)32(37)17-20-40(33,39)8/h9-13,30-35H,1,14-25H2,2-8H3,(H,42,45)/t30?,31?,32?,33?,34-,35?,37-,38-,39+,40+,41-/m0/s1. The number of amides is 1. The third kappa shape index (κ3) is 5.36. The molecule has 1 aromatic carbocycles. The molecule has 5 aliphatic carbocycles. The fraction of sp³-hybridized carbons (Fsp3) is 0.732. The van der Waals surface area contributed by atoms with Crippen molar-refractivity contribution in [2.75, 3.05) is 6.61 Å². The van der Waals surface area contributed by atoms with Gasteiger partial charge in [-0.1, -0.05) is 70.2 Å². The van der Waals surface area contributed by atoms with Gasteiger partial charge in [0.05, 0.1) is 12.0 Å². The Balaban J connectivity index is 1.30. The number of benzene rings is 1. The third-order valence-electron chi connectivity index (χ3n) is 15.4. The van der Waals surface area contributed by atoms with E-state index in [0.717, 1.165) is 69.8 Å². The number of fused-ring (bicyclic) bond motifs is 7. The Hall–Kier alpha value is -2.67. The van der Waals surface area contributed by atoms with Crippen molar-refractivity contribution < 1.29 is 28.7 Å². The van der Waals surface area contributed by atoms with E-state index in [9.17, 15) is 14.4 Å². The van der Waals surface area contributed by atoms with Gasteiger partial charge in [-0.15, -0.1) is 0 Å². The number of hydrogen-bond donors (Lipinski definition) is 1. The summed E-state index contributed by atoms with van der Waals surface area (Å²) in [5, 5.41) is 0. The van der Waals surface area contributed by atoms with Gasteiger partial charge in [-0.3, -0.25) is 19.2 Å². The van der Waals surface area contributed by atoms with Crippen LogP contribution in [0.25, 0.3) is 0 Å². The van der Waals surface area contributed by atoms with E-state index in [2.05, 4.69) is 46.7 Å². The predicted molar refractivity (Wildman–Crippen MR) is 185 cm³/mol. The van der Waals surface area contributed by atoms with Crippen LogP contribution in [0.5, 0.6) is 0 Å². The van der Waals surface area contributed by atoms with Gasteiger partial charge in [-0.2, -0.15) is 0 Å². The monoisotopic (exact) mass is 661 g/mol. The highest BCUT2D eigenvalue weighted by atomic mass is 16.7. The number of hydroxylamine groups is 1. The van der Waals surface area contributed by atoms with Gasteiger partial charge in [-0.25, -0.2) is 5.48 Å². The number of allylic oxidation sites excluding steroid dienone is 1. The summed E-state index contributed by atoms with van der Waals surface area (Å²) in [6.45, 7) is 20.1. The molecule has 11 atom stereocenters. The average molecular weight is 662 g/mol. The first kappa shape index (κ1) is 35.2. The zero-order valence-electron chi connectivity index (χ0n) is 30.5. The van der Waals surface area contributed by atoms with Crippen LogP contribution in [0, 0.1) is 56.7 Å². The van der Waals surface area contributed by atoms with Gasteiger partial charge in [-0.05, 0) is 123 Å². The van der Waals surface area contributed by atoms with Crippen LogP contribution in [0.3, 0.4) is 0 Å². The van der Waals surface area contributed by atoms with Crippen molar-refractivity contribution in [1.82, 2.24) is 5.48 Å². The first-order valence-electron chi connectivity index (χ1n) is 18.5. The highest BCUT2D eigenvalue weighted by Crippen LogP contribution is 2.77. The molecule has 5 saturated carbocycles. The van der Waals surface area contributed by atoms with Gasteiger partial charge >= 0.3 is 11.9 Å². The van der Waals surface area contributed by atoms with Gasteiger partial charge < -0.3 is 9.47 Å². The van der Waals surface area contributed by atoms with E-state index >= 15 is 0 Å². The molecule has 5 fully saturated rings. The highest BCUT2D eigenvalue weighted by Gasteiger charge is 2.72. The molecule has 5 unspecified atom stereocenters. The Morgan fingerprint density at radius 3 is 2.21 bits per heavy atom. The number of carbonyl (C=O) groups is 3. The second-order valence-corrected chi connectivity index (χ2v) is 17.5. The number of nitrogens with one attached hydrogen (secondary N) is 1. The second-order valence-electron chi connectivity index (χ2n) is 17.5. The lowest BCUT2D eigenvalue weighted by atomic mass is 9.32. The molecule has 0 bridgehead atoms. The first-order chi connectivity index (χ1) is 22.6. The average Bonchev–Trinajstić information content (AvgIpc) is 3.44. The fourth-order valence-corrected chi connectivity index (χ4v) is 13.0. The van der Waals surface area contributed by atoms with Gasteiger partial charge in [0.15, 0.2) is 0 Å². The minimum absolute atomic E-state index is 0.0210. The minimum atomic E-state index is -0.445. The summed E-state index contributed by atoms with van der Waals surface area (Å²) >= 11 is 0. The molecule has 264 valence electrons. The lowest BCUT2D eigenvalue weighted by Gasteiger charge is -2.73. The summed E-state index contributed by atoms with van der Waals surface area (Å²) in [4.78, 5) is 44.5. The molecule has 6 rings (SSSR count). The summed E-state index contributed by atoms with van der Waals surface area (Å²) in [5.41, 5.74) is 4.48. The Bertz CT molecular complexity index is 1430. The van der Waals surface area contributed by atoms with E-state index in [-0.39, 0.29) is 58.6 Å². The quantitative estimate of drug-likeness (QED) is 0.171. The maximum absolute atomic E-state index is 14.3. The van der Waals surface area contributed by atoms with Crippen molar-refractivity contribution in [3.05, 3.63) is 48.0 Å². The van der Waals surface area contributed by atoms with Crippen LogP contribution in [0.2, 0.25) is 0 Å². The molecule has 7 heteroatoms. The zero-order chi connectivity index (χ0) is 34.7. The Labute approximate surface area is 288 Å². The van der Waals surface area contributed by atoms with Crippen molar-refractivity contribution in [2.45, 2.75) is 125 Å². The van der Waals surface area contributed by atoms with Crippen molar-refractivity contribution >= 4 is 17.8 Å². The van der Waals surface area contributed by atoms with Crippen molar-refractivity contribution in [3.8, 4) is 0 Å². The maximum Gasteiger partial charge on any atom is 0.302 e. The predicted octanol–water partition coefficient (Wildman–Crippen LogP) is 8.37. The van der Waals surface area contributed by atoms with Gasteiger partial charge in [0.2, 0.25) is 5.91 Å². The van der Waals surface area contributed by atoms with Crippen LogP contribution in [-0.4, -0.2) is 30.6 Å². The van der Waals surface area contributed by atoms with Gasteiger partial charge in [0.1, 0.15) is 12.7 Å². The number of ether oxygens (including phenoxy) is 2. The van der Waals surface area contributed by atoms with E-state index in [0.29, 0.717) is 24.4 Å². The van der Waals surface area contributed by atoms with Crippen molar-refractivity contribution in [3.63, 3.8) is 0 Å². The Morgan fingerprint density at radius 1 is 0.812 bits per heavy atom. The van der Waals surface area contributed by atoms with Crippen LogP contribution in [-0.2, 0) is 35.3 Å². The summed E-state index contributed by atoms with van der Waals surface area (Å²) < 4.78 is 11.7. The third-order valence-corrected chi connectivity index (χ3v) is 15.4. The molecule has 1 N–H and O–H groups in total. The molecule has 48 heavy (non-hydrogen) atoms. The number of carbonyl (C=O) groups excluding carboxylic acids is 3. The number of esters is 2. The smallest absolute Gasteiger partial charge is 0.302 e. The topological polar surface area (TPSA) is 90.9 Å². The van der Waals surface area contributed by atoms with E-state index in [4.69, 9.17) is 14.3 Å². The van der Waals surface area contributed by atoms with Crippen LogP contribution in [0.4, 0.5) is 0 Å². The molecule has 1 aromatic rings. The molecule has 0 aliphatic heterocycles. The molecule has 5 aliphatic rings. The Morgan fingerprint density at radius 2 is 1.54 bits per heavy atom. The highest BCUT2D eigenvalue weighted by molar-refractivity contribution is 5.83. The first-order valence-corrected chi connectivity index (χ1v) is 18.5. The van der Waals surface area contributed by atoms with Crippen LogP contribution in [0.1, 0.15) is 118 Å². The molecule has 0 spiro atoms. The summed E-state index contributed by atoms with van der Waals surface area (Å²) in [6.07, 6.45) is 9.60. The van der Waals surface area contributed by atoms with Gasteiger partial charge in [0.25, 0.3) is 0 Å². The minimum Gasteiger partial charge on any atom is -0.465 e. The summed E-state index contributed by atoms with van der Waals surface area (Å²) in [5.74, 6) is 1.24. The van der Waals surface area contributed by atoms with Crippen molar-refractivity contribution in [2.24, 2.45) is 56.7 Å². The van der Waals surface area contributed by atoms with Crippen LogP contribution in [0.15, 0.2) is 42.5 Å². The zero-order valence-corrected chi connectivity index (χ0v) is 30.5. The fourth-order valence-electron chi connectivity index (χ4n) is 13.0. The van der Waals surface area contributed by atoms with Crippen molar-refractivity contribution in [1.29, 1.82) is 0 Å². The lowest BCUT2D eigenvalue weighted by molar-refractivity contribution is -0.256. The lowest BCUT2D eigenvalue weighted by Crippen LogP contribution is -2.68. The molecular weight excluding hydrogens is 602 g/mol. The van der Waals surface area contributed by atoms with E-state index in [1.165, 1.54) is 19.4 Å². The molecule has 0 aromatic heterocycles. The van der Waals surface area contributed by atoms with Gasteiger partial charge in [0, 0.05) is 19.3 Å². The summed E-state index contributed by atoms with van der Waals surface area (Å²) in [6, 6.07) is 9.99. The molecule has 0 heterocycles. The molecule has 0 saturated heterocycles. The van der Waals surface area contributed by atoms with E-state index in [1.54, 1.807) is 0 Å².